The number of benzene rings is 2. The number of rotatable bonds is 2. The van der Waals surface area contributed by atoms with Crippen molar-refractivity contribution >= 4 is 21.7 Å². The van der Waals surface area contributed by atoms with E-state index in [1.807, 2.05) is 13.1 Å². The smallest absolute Gasteiger partial charge is 0.159 e. The van der Waals surface area contributed by atoms with Crippen LogP contribution in [0, 0.1) is 36.8 Å². The van der Waals surface area contributed by atoms with Crippen LogP contribution in [0.2, 0.25) is 0 Å². The van der Waals surface area contributed by atoms with Gasteiger partial charge in [0.2, 0.25) is 0 Å². The highest BCUT2D eigenvalue weighted by Crippen LogP contribution is 2.42. The summed E-state index contributed by atoms with van der Waals surface area (Å²) in [6.45, 7) is 2.88. The Morgan fingerprint density at radius 1 is 1.21 bits per heavy atom. The first-order valence-corrected chi connectivity index (χ1v) is 11.3. The van der Waals surface area contributed by atoms with Crippen LogP contribution < -0.4 is 5.32 Å². The molecule has 1 saturated carbocycles. The lowest BCUT2D eigenvalue weighted by molar-refractivity contribution is 0.140. The van der Waals surface area contributed by atoms with Crippen LogP contribution in [-0.4, -0.2) is 27.2 Å². The van der Waals surface area contributed by atoms with Crippen molar-refractivity contribution in [3.05, 3.63) is 59.4 Å². The van der Waals surface area contributed by atoms with Crippen LogP contribution >= 0.6 is 0 Å². The van der Waals surface area contributed by atoms with Gasteiger partial charge in [-0.3, -0.25) is 4.98 Å². The van der Waals surface area contributed by atoms with Gasteiger partial charge in [-0.25, -0.2) is 8.78 Å². The summed E-state index contributed by atoms with van der Waals surface area (Å²) in [6, 6.07) is 6.49. The second-order valence-corrected chi connectivity index (χ2v) is 9.30. The van der Waals surface area contributed by atoms with E-state index in [2.05, 4.69) is 20.8 Å². The van der Waals surface area contributed by atoms with E-state index in [-0.39, 0.29) is 22.6 Å². The summed E-state index contributed by atoms with van der Waals surface area (Å²) in [5, 5.41) is 15.3. The van der Waals surface area contributed by atoms with Crippen LogP contribution in [0.5, 0.6) is 5.75 Å². The quantitative estimate of drug-likeness (QED) is 0.406. The van der Waals surface area contributed by atoms with E-state index >= 15 is 4.39 Å². The molecule has 166 valence electrons. The SMILES string of the molecule is C#Cc1c(F)ccc2cc(O)cc(-c3ncc4c(c(C)cn4C4CC5CCC4CN5)c3F)c12. The van der Waals surface area contributed by atoms with Crippen molar-refractivity contribution in [2.45, 2.75) is 38.3 Å². The van der Waals surface area contributed by atoms with Crippen LogP contribution in [0.3, 0.4) is 0 Å². The topological polar surface area (TPSA) is 50.1 Å². The van der Waals surface area contributed by atoms with Gasteiger partial charge in [0, 0.05) is 41.2 Å². The lowest BCUT2D eigenvalue weighted by Crippen LogP contribution is -2.49. The van der Waals surface area contributed by atoms with Crippen molar-refractivity contribution in [1.82, 2.24) is 14.9 Å². The minimum absolute atomic E-state index is 0.0313. The third-order valence-electron chi connectivity index (χ3n) is 7.44. The predicted molar refractivity (Wildman–Crippen MR) is 125 cm³/mol. The molecule has 2 aromatic heterocycles. The van der Waals surface area contributed by atoms with Gasteiger partial charge in [0.1, 0.15) is 17.3 Å². The Bertz CT molecular complexity index is 1480. The molecule has 0 spiro atoms. The van der Waals surface area contributed by atoms with Gasteiger partial charge in [-0.1, -0.05) is 12.0 Å². The molecule has 2 saturated heterocycles. The highest BCUT2D eigenvalue weighted by molar-refractivity contribution is 6.02. The molecule has 2 aliphatic heterocycles. The summed E-state index contributed by atoms with van der Waals surface area (Å²) >= 11 is 0. The fraction of sp³-hybridized carbons (Fsp3) is 0.296. The molecule has 3 fully saturated rings. The van der Waals surface area contributed by atoms with Crippen molar-refractivity contribution in [1.29, 1.82) is 0 Å². The van der Waals surface area contributed by atoms with E-state index in [1.54, 1.807) is 6.20 Å². The highest BCUT2D eigenvalue weighted by atomic mass is 19.1. The summed E-state index contributed by atoms with van der Waals surface area (Å²) in [7, 11) is 0. The molecule has 3 atom stereocenters. The number of fused-ring (bicyclic) bond motifs is 5. The third-order valence-corrected chi connectivity index (χ3v) is 7.44. The van der Waals surface area contributed by atoms with Gasteiger partial charge in [0.15, 0.2) is 5.82 Å². The van der Waals surface area contributed by atoms with E-state index in [0.717, 1.165) is 24.0 Å². The van der Waals surface area contributed by atoms with Gasteiger partial charge >= 0.3 is 0 Å². The zero-order valence-electron chi connectivity index (χ0n) is 18.2. The van der Waals surface area contributed by atoms with Crippen LogP contribution in [0.25, 0.3) is 32.9 Å². The molecule has 2 aromatic carbocycles. The number of nitrogens with zero attached hydrogens (tertiary/aromatic N) is 2. The van der Waals surface area contributed by atoms with Crippen LogP contribution in [0.4, 0.5) is 8.78 Å². The lowest BCUT2D eigenvalue weighted by Gasteiger charge is -2.44. The maximum absolute atomic E-state index is 16.1. The zero-order chi connectivity index (χ0) is 22.9. The number of phenols is 1. The number of terminal acetylenes is 1. The molecule has 1 aliphatic carbocycles. The average Bonchev–Trinajstić information content (AvgIpc) is 3.17. The molecule has 0 radical (unpaired) electrons. The molecule has 3 unspecified atom stereocenters. The van der Waals surface area contributed by atoms with E-state index in [9.17, 15) is 9.50 Å². The highest BCUT2D eigenvalue weighted by Gasteiger charge is 2.37. The third kappa shape index (κ3) is 2.96. The number of piperidine rings is 2. The normalized spacial score (nSPS) is 22.2. The first-order valence-electron chi connectivity index (χ1n) is 11.3. The van der Waals surface area contributed by atoms with Crippen LogP contribution in [0.15, 0.2) is 36.7 Å². The van der Waals surface area contributed by atoms with Crippen LogP contribution in [0.1, 0.15) is 36.4 Å². The number of hydrogen-bond donors (Lipinski definition) is 2. The molecule has 4 aromatic rings. The summed E-state index contributed by atoms with van der Waals surface area (Å²) in [6.07, 6.45) is 12.7. The number of hydrogen-bond acceptors (Lipinski definition) is 3. The van der Waals surface area contributed by atoms with Crippen molar-refractivity contribution < 1.29 is 13.9 Å². The first-order chi connectivity index (χ1) is 16.0. The summed E-state index contributed by atoms with van der Waals surface area (Å²) < 4.78 is 32.7. The Hall–Kier alpha value is -3.43. The van der Waals surface area contributed by atoms with Gasteiger partial charge in [-0.2, -0.15) is 0 Å². The van der Waals surface area contributed by atoms with E-state index < -0.39 is 11.6 Å². The first kappa shape index (κ1) is 20.2. The monoisotopic (exact) mass is 443 g/mol. The number of nitrogens with one attached hydrogen (secondary N) is 1. The molecule has 4 nitrogen and oxygen atoms in total. The lowest BCUT2D eigenvalue weighted by atomic mass is 9.77. The zero-order valence-corrected chi connectivity index (χ0v) is 18.2. The fourth-order valence-corrected chi connectivity index (χ4v) is 5.90. The van der Waals surface area contributed by atoms with E-state index in [0.29, 0.717) is 34.2 Å². The van der Waals surface area contributed by atoms with Gasteiger partial charge in [-0.05, 0) is 61.3 Å². The van der Waals surface area contributed by atoms with Gasteiger partial charge in [0.05, 0.1) is 17.3 Å². The van der Waals surface area contributed by atoms with Gasteiger partial charge in [-0.15, -0.1) is 6.42 Å². The van der Waals surface area contributed by atoms with Crippen LogP contribution in [-0.2, 0) is 0 Å². The van der Waals surface area contributed by atoms with Crippen molar-refractivity contribution in [2.24, 2.45) is 5.92 Å². The maximum atomic E-state index is 16.1. The summed E-state index contributed by atoms with van der Waals surface area (Å²) in [5.74, 6) is 1.79. The molecule has 2 N–H and O–H groups in total. The number of aryl methyl sites for hydroxylation is 1. The Kier molecular flexibility index (Phi) is 4.46. The second kappa shape index (κ2) is 7.29. The molecule has 4 heterocycles. The average molecular weight is 443 g/mol. The number of aromatic nitrogens is 2. The molecular formula is C27H23F2N3O. The van der Waals surface area contributed by atoms with Crippen molar-refractivity contribution in [3.8, 4) is 29.4 Å². The Labute approximate surface area is 190 Å². The Balaban J connectivity index is 1.58. The maximum Gasteiger partial charge on any atom is 0.159 e. The minimum atomic E-state index is -0.568. The molecule has 3 aliphatic rings. The molecule has 33 heavy (non-hydrogen) atoms. The van der Waals surface area contributed by atoms with Gasteiger partial charge in [0.25, 0.3) is 0 Å². The largest absolute Gasteiger partial charge is 0.508 e. The minimum Gasteiger partial charge on any atom is -0.508 e. The van der Waals surface area contributed by atoms with Crippen molar-refractivity contribution in [2.75, 3.05) is 6.54 Å². The second-order valence-electron chi connectivity index (χ2n) is 9.30. The number of halogens is 2. The summed E-state index contributed by atoms with van der Waals surface area (Å²) in [4.78, 5) is 4.49. The van der Waals surface area contributed by atoms with E-state index in [4.69, 9.17) is 6.42 Å². The standard InChI is InChI=1S/C27H23F2N3O/c1-3-19-21(28)7-5-15-8-18(33)10-20(25(15)19)27-26(29)24-14(2)13-32(23(24)12-31-27)22-9-17-6-4-16(22)11-30-17/h1,5,7-8,10,12-13,16-17,22,30,33H,4,6,9,11H2,2H3. The number of phenolic OH excluding ortho intramolecular Hbond substituents is 1. The Morgan fingerprint density at radius 3 is 2.76 bits per heavy atom. The molecule has 2 bridgehead atoms. The van der Waals surface area contributed by atoms with E-state index in [1.165, 1.54) is 37.1 Å². The van der Waals surface area contributed by atoms with Crippen molar-refractivity contribution in [3.63, 3.8) is 0 Å². The number of pyridine rings is 1. The molecule has 0 amide bonds. The van der Waals surface area contributed by atoms with Gasteiger partial charge < -0.3 is 15.0 Å². The molecule has 6 heteroatoms. The predicted octanol–water partition coefficient (Wildman–Crippen LogP) is 5.44. The fourth-order valence-electron chi connectivity index (χ4n) is 5.90. The number of aromatic hydroxyl groups is 1. The Morgan fingerprint density at radius 2 is 2.06 bits per heavy atom. The molecular weight excluding hydrogens is 420 g/mol. The summed E-state index contributed by atoms with van der Waals surface area (Å²) in [5.41, 5.74) is 1.96. The molecule has 7 rings (SSSR count).